The first-order valence-corrected chi connectivity index (χ1v) is 5.42. The van der Waals surface area contributed by atoms with E-state index >= 15 is 0 Å². The summed E-state index contributed by atoms with van der Waals surface area (Å²) in [6.45, 7) is 4.44. The molecule has 0 N–H and O–H groups in total. The quantitative estimate of drug-likeness (QED) is 0.789. The first-order valence-electron chi connectivity index (χ1n) is 5.42. The molecule has 1 aromatic heterocycles. The SMILES string of the molecule is CCc1cccc(OCc2cc(C)no2)c1. The summed E-state index contributed by atoms with van der Waals surface area (Å²) in [6, 6.07) is 9.96. The number of hydrogen-bond donors (Lipinski definition) is 0. The zero-order chi connectivity index (χ0) is 11.4. The normalized spacial score (nSPS) is 10.4. The van der Waals surface area contributed by atoms with Gasteiger partial charge in [-0.05, 0) is 31.0 Å². The lowest BCUT2D eigenvalue weighted by Crippen LogP contribution is -1.94. The van der Waals surface area contributed by atoms with Crippen molar-refractivity contribution in [2.24, 2.45) is 0 Å². The number of hydrogen-bond acceptors (Lipinski definition) is 3. The largest absolute Gasteiger partial charge is 0.486 e. The van der Waals surface area contributed by atoms with Crippen molar-refractivity contribution in [2.75, 3.05) is 0 Å². The van der Waals surface area contributed by atoms with E-state index in [0.717, 1.165) is 23.6 Å². The van der Waals surface area contributed by atoms with E-state index in [2.05, 4.69) is 18.1 Å². The second-order valence-corrected chi connectivity index (χ2v) is 3.72. The highest BCUT2D eigenvalue weighted by Gasteiger charge is 2.02. The van der Waals surface area contributed by atoms with Crippen LogP contribution in [0.2, 0.25) is 0 Å². The van der Waals surface area contributed by atoms with Crippen LogP contribution in [-0.4, -0.2) is 5.16 Å². The molecule has 0 fully saturated rings. The van der Waals surface area contributed by atoms with E-state index in [1.54, 1.807) is 0 Å². The lowest BCUT2D eigenvalue weighted by molar-refractivity contribution is 0.248. The standard InChI is InChI=1S/C13H15NO2/c1-3-11-5-4-6-12(8-11)15-9-13-7-10(2)14-16-13/h4-8H,3,9H2,1-2H3. The summed E-state index contributed by atoms with van der Waals surface area (Å²) in [5.74, 6) is 1.62. The molecule has 0 unspecified atom stereocenters. The van der Waals surface area contributed by atoms with Crippen LogP contribution in [-0.2, 0) is 13.0 Å². The van der Waals surface area contributed by atoms with E-state index < -0.39 is 0 Å². The molecule has 2 aromatic rings. The molecule has 0 aliphatic heterocycles. The lowest BCUT2D eigenvalue weighted by atomic mass is 10.2. The number of aryl methyl sites for hydroxylation is 2. The molecule has 1 heterocycles. The van der Waals surface area contributed by atoms with Gasteiger partial charge in [0.2, 0.25) is 0 Å². The van der Waals surface area contributed by atoms with Gasteiger partial charge >= 0.3 is 0 Å². The third-order valence-electron chi connectivity index (χ3n) is 2.36. The van der Waals surface area contributed by atoms with Crippen molar-refractivity contribution in [3.63, 3.8) is 0 Å². The summed E-state index contributed by atoms with van der Waals surface area (Å²) in [7, 11) is 0. The summed E-state index contributed by atoms with van der Waals surface area (Å²) >= 11 is 0. The smallest absolute Gasteiger partial charge is 0.174 e. The molecule has 0 saturated heterocycles. The van der Waals surface area contributed by atoms with Gasteiger partial charge in [0.15, 0.2) is 5.76 Å². The van der Waals surface area contributed by atoms with E-state index in [1.807, 2.05) is 31.2 Å². The highest BCUT2D eigenvalue weighted by Crippen LogP contribution is 2.15. The average molecular weight is 217 g/mol. The highest BCUT2D eigenvalue weighted by atomic mass is 16.5. The van der Waals surface area contributed by atoms with Gasteiger partial charge in [0.25, 0.3) is 0 Å². The molecule has 0 spiro atoms. The fraction of sp³-hybridized carbons (Fsp3) is 0.308. The molecule has 3 nitrogen and oxygen atoms in total. The zero-order valence-electron chi connectivity index (χ0n) is 9.56. The molecule has 0 aliphatic rings. The molecular formula is C13H15NO2. The first kappa shape index (κ1) is 10.7. The maximum absolute atomic E-state index is 5.61. The summed E-state index contributed by atoms with van der Waals surface area (Å²) in [5.41, 5.74) is 2.15. The lowest BCUT2D eigenvalue weighted by Gasteiger charge is -2.04. The number of benzene rings is 1. The number of rotatable bonds is 4. The summed E-state index contributed by atoms with van der Waals surface area (Å²) in [5, 5.41) is 3.81. The van der Waals surface area contributed by atoms with Crippen molar-refractivity contribution < 1.29 is 9.26 Å². The molecule has 16 heavy (non-hydrogen) atoms. The van der Waals surface area contributed by atoms with Crippen molar-refractivity contribution >= 4 is 0 Å². The minimum Gasteiger partial charge on any atom is -0.486 e. The highest BCUT2D eigenvalue weighted by molar-refractivity contribution is 5.28. The molecule has 3 heteroatoms. The van der Waals surface area contributed by atoms with Crippen LogP contribution in [0.1, 0.15) is 23.9 Å². The first-order chi connectivity index (χ1) is 7.78. The Morgan fingerprint density at radius 2 is 2.19 bits per heavy atom. The van der Waals surface area contributed by atoms with E-state index in [4.69, 9.17) is 9.26 Å². The van der Waals surface area contributed by atoms with Gasteiger partial charge < -0.3 is 9.26 Å². The van der Waals surface area contributed by atoms with Gasteiger partial charge in [-0.2, -0.15) is 0 Å². The fourth-order valence-electron chi connectivity index (χ4n) is 1.49. The van der Waals surface area contributed by atoms with Gasteiger partial charge in [0.1, 0.15) is 12.4 Å². The predicted octanol–water partition coefficient (Wildman–Crippen LogP) is 3.12. The van der Waals surface area contributed by atoms with Gasteiger partial charge in [0, 0.05) is 6.07 Å². The molecule has 84 valence electrons. The van der Waals surface area contributed by atoms with Gasteiger partial charge in [-0.1, -0.05) is 24.2 Å². The molecule has 1 aromatic carbocycles. The second kappa shape index (κ2) is 4.84. The molecule has 0 radical (unpaired) electrons. The van der Waals surface area contributed by atoms with E-state index in [0.29, 0.717) is 6.61 Å². The van der Waals surface area contributed by atoms with E-state index in [9.17, 15) is 0 Å². The molecule has 0 aliphatic carbocycles. The topological polar surface area (TPSA) is 35.3 Å². The van der Waals surface area contributed by atoms with Crippen LogP contribution in [0.25, 0.3) is 0 Å². The van der Waals surface area contributed by atoms with E-state index in [-0.39, 0.29) is 0 Å². The van der Waals surface area contributed by atoms with Crippen LogP contribution in [0.5, 0.6) is 5.75 Å². The van der Waals surface area contributed by atoms with Crippen molar-refractivity contribution in [3.05, 3.63) is 47.3 Å². The number of ether oxygens (including phenoxy) is 1. The summed E-state index contributed by atoms with van der Waals surface area (Å²) in [6.07, 6.45) is 1.01. The Morgan fingerprint density at radius 3 is 2.88 bits per heavy atom. The minimum absolute atomic E-state index is 0.425. The minimum atomic E-state index is 0.425. The Bertz CT molecular complexity index is 462. The number of aromatic nitrogens is 1. The predicted molar refractivity (Wildman–Crippen MR) is 61.4 cm³/mol. The Kier molecular flexibility index (Phi) is 3.25. The van der Waals surface area contributed by atoms with Crippen LogP contribution in [0, 0.1) is 6.92 Å². The van der Waals surface area contributed by atoms with Crippen LogP contribution < -0.4 is 4.74 Å². The Hall–Kier alpha value is -1.77. The summed E-state index contributed by atoms with van der Waals surface area (Å²) < 4.78 is 10.7. The summed E-state index contributed by atoms with van der Waals surface area (Å²) in [4.78, 5) is 0. The zero-order valence-corrected chi connectivity index (χ0v) is 9.56. The van der Waals surface area contributed by atoms with Crippen molar-refractivity contribution in [2.45, 2.75) is 26.9 Å². The van der Waals surface area contributed by atoms with Gasteiger partial charge in [-0.3, -0.25) is 0 Å². The maximum atomic E-state index is 5.61. The third kappa shape index (κ3) is 2.63. The average Bonchev–Trinajstić information content (AvgIpc) is 2.73. The van der Waals surface area contributed by atoms with Crippen LogP contribution in [0.4, 0.5) is 0 Å². The van der Waals surface area contributed by atoms with Gasteiger partial charge in [-0.15, -0.1) is 0 Å². The molecular weight excluding hydrogens is 202 g/mol. The Morgan fingerprint density at radius 1 is 1.31 bits per heavy atom. The van der Waals surface area contributed by atoms with Crippen LogP contribution in [0.15, 0.2) is 34.9 Å². The Balaban J connectivity index is 1.99. The molecule has 0 amide bonds. The van der Waals surface area contributed by atoms with Crippen molar-refractivity contribution in [3.8, 4) is 5.75 Å². The monoisotopic (exact) mass is 217 g/mol. The molecule has 0 saturated carbocycles. The third-order valence-corrected chi connectivity index (χ3v) is 2.36. The van der Waals surface area contributed by atoms with Gasteiger partial charge in [0.05, 0.1) is 5.69 Å². The van der Waals surface area contributed by atoms with Gasteiger partial charge in [-0.25, -0.2) is 0 Å². The van der Waals surface area contributed by atoms with Crippen molar-refractivity contribution in [1.82, 2.24) is 5.16 Å². The molecule has 2 rings (SSSR count). The molecule has 0 atom stereocenters. The molecule has 0 bridgehead atoms. The van der Waals surface area contributed by atoms with Crippen LogP contribution in [0.3, 0.4) is 0 Å². The van der Waals surface area contributed by atoms with Crippen LogP contribution >= 0.6 is 0 Å². The maximum Gasteiger partial charge on any atom is 0.174 e. The fourth-order valence-corrected chi connectivity index (χ4v) is 1.49. The second-order valence-electron chi connectivity index (χ2n) is 3.72. The number of nitrogens with zero attached hydrogens (tertiary/aromatic N) is 1. The Labute approximate surface area is 95.0 Å². The van der Waals surface area contributed by atoms with E-state index in [1.165, 1.54) is 5.56 Å². The van der Waals surface area contributed by atoms with Crippen molar-refractivity contribution in [1.29, 1.82) is 0 Å².